The van der Waals surface area contributed by atoms with Crippen molar-refractivity contribution in [3.8, 4) is 11.1 Å². The zero-order valence-electron chi connectivity index (χ0n) is 16.0. The van der Waals surface area contributed by atoms with Crippen molar-refractivity contribution in [2.75, 3.05) is 6.54 Å². The summed E-state index contributed by atoms with van der Waals surface area (Å²) in [5, 5.41) is 5.43. The molecule has 146 valence electrons. The topological polar surface area (TPSA) is 64.0 Å². The van der Waals surface area contributed by atoms with Gasteiger partial charge in [-0.1, -0.05) is 67.6 Å². The zero-order valence-corrected chi connectivity index (χ0v) is 16.9. The van der Waals surface area contributed by atoms with E-state index in [9.17, 15) is 9.59 Å². The van der Waals surface area contributed by atoms with Crippen LogP contribution in [0.5, 0.6) is 0 Å². The number of rotatable bonds is 6. The van der Waals surface area contributed by atoms with Gasteiger partial charge in [0.2, 0.25) is 5.91 Å². The second-order valence-electron chi connectivity index (χ2n) is 6.99. The predicted molar refractivity (Wildman–Crippen MR) is 117 cm³/mol. The van der Waals surface area contributed by atoms with Gasteiger partial charge in [-0.25, -0.2) is 4.98 Å². The van der Waals surface area contributed by atoms with Gasteiger partial charge in [0.05, 0.1) is 11.7 Å². The molecule has 0 aliphatic carbocycles. The molecule has 1 atom stereocenters. The van der Waals surface area contributed by atoms with Crippen LogP contribution in [0.3, 0.4) is 0 Å². The molecule has 1 N–H and O–H groups in total. The quantitative estimate of drug-likeness (QED) is 0.528. The Hall–Kier alpha value is -3.25. The van der Waals surface area contributed by atoms with E-state index in [4.69, 9.17) is 0 Å². The first kappa shape index (κ1) is 19.1. The van der Waals surface area contributed by atoms with Gasteiger partial charge in [0.25, 0.3) is 5.56 Å². The monoisotopic (exact) mass is 403 g/mol. The molecule has 2 aromatic carbocycles. The van der Waals surface area contributed by atoms with Crippen LogP contribution in [0.15, 0.2) is 77.2 Å². The van der Waals surface area contributed by atoms with Gasteiger partial charge < -0.3 is 5.32 Å². The van der Waals surface area contributed by atoms with Gasteiger partial charge in [-0.2, -0.15) is 0 Å². The number of thiophene rings is 1. The second-order valence-corrected chi connectivity index (χ2v) is 7.85. The molecule has 29 heavy (non-hydrogen) atoms. The Balaban J connectivity index is 1.52. The molecule has 6 heteroatoms. The maximum absolute atomic E-state index is 13.0. The number of carbonyl (C=O) groups excluding carboxylic acids is 1. The third-order valence-electron chi connectivity index (χ3n) is 4.93. The summed E-state index contributed by atoms with van der Waals surface area (Å²) in [6, 6.07) is 19.8. The van der Waals surface area contributed by atoms with Crippen molar-refractivity contribution >= 4 is 27.5 Å². The Labute approximate surface area is 172 Å². The minimum absolute atomic E-state index is 0.0483. The first-order valence-corrected chi connectivity index (χ1v) is 10.3. The van der Waals surface area contributed by atoms with Crippen LogP contribution in [0.1, 0.15) is 18.4 Å². The van der Waals surface area contributed by atoms with E-state index in [-0.39, 0.29) is 23.9 Å². The molecule has 0 saturated carbocycles. The van der Waals surface area contributed by atoms with Gasteiger partial charge in [-0.05, 0) is 17.0 Å². The average Bonchev–Trinajstić information content (AvgIpc) is 3.20. The predicted octanol–water partition coefficient (Wildman–Crippen LogP) is 4.04. The van der Waals surface area contributed by atoms with Crippen LogP contribution >= 0.6 is 11.3 Å². The minimum Gasteiger partial charge on any atom is -0.354 e. The van der Waals surface area contributed by atoms with Crippen molar-refractivity contribution in [3.05, 3.63) is 88.3 Å². The maximum atomic E-state index is 13.0. The van der Waals surface area contributed by atoms with Crippen LogP contribution in [0.25, 0.3) is 21.3 Å². The SMILES string of the molecule is C[C@@H](CNC(=O)Cn1cnc2scc(-c3ccccc3)c2c1=O)c1ccccc1. The second kappa shape index (κ2) is 8.41. The van der Waals surface area contributed by atoms with Crippen LogP contribution in [0.2, 0.25) is 0 Å². The summed E-state index contributed by atoms with van der Waals surface area (Å²) >= 11 is 1.44. The van der Waals surface area contributed by atoms with E-state index in [1.807, 2.05) is 66.0 Å². The molecule has 1 amide bonds. The fourth-order valence-electron chi connectivity index (χ4n) is 3.29. The van der Waals surface area contributed by atoms with Gasteiger partial charge >= 0.3 is 0 Å². The number of hydrogen-bond acceptors (Lipinski definition) is 4. The van der Waals surface area contributed by atoms with E-state index in [0.717, 1.165) is 11.1 Å². The highest BCUT2D eigenvalue weighted by atomic mass is 32.1. The number of carbonyl (C=O) groups is 1. The maximum Gasteiger partial charge on any atom is 0.263 e. The first-order chi connectivity index (χ1) is 14.1. The summed E-state index contributed by atoms with van der Waals surface area (Å²) in [6.45, 7) is 2.53. The van der Waals surface area contributed by atoms with Gasteiger partial charge in [0.1, 0.15) is 11.4 Å². The van der Waals surface area contributed by atoms with Crippen LogP contribution in [0.4, 0.5) is 0 Å². The molecule has 0 radical (unpaired) electrons. The third-order valence-corrected chi connectivity index (χ3v) is 5.82. The molecule has 0 aliphatic rings. The lowest BCUT2D eigenvalue weighted by Crippen LogP contribution is -2.34. The Morgan fingerprint density at radius 2 is 1.79 bits per heavy atom. The summed E-state index contributed by atoms with van der Waals surface area (Å²) in [5.41, 5.74) is 2.80. The standard InChI is InChI=1S/C23H21N3O2S/c1-16(17-8-4-2-5-9-17)12-24-20(27)13-26-15-25-22-21(23(26)28)19(14-29-22)18-10-6-3-7-11-18/h2-11,14-16H,12-13H2,1H3,(H,24,27)/t16-/m0/s1. The van der Waals surface area contributed by atoms with Crippen molar-refractivity contribution in [3.63, 3.8) is 0 Å². The van der Waals surface area contributed by atoms with Crippen LogP contribution in [-0.2, 0) is 11.3 Å². The number of nitrogens with one attached hydrogen (secondary N) is 1. The highest BCUT2D eigenvalue weighted by Gasteiger charge is 2.15. The molecule has 4 aromatic rings. The molecule has 5 nitrogen and oxygen atoms in total. The van der Waals surface area contributed by atoms with Gasteiger partial charge in [0, 0.05) is 17.5 Å². The molecule has 2 heterocycles. The Kier molecular flexibility index (Phi) is 5.53. The number of fused-ring (bicyclic) bond motifs is 1. The summed E-state index contributed by atoms with van der Waals surface area (Å²) in [4.78, 5) is 30.5. The summed E-state index contributed by atoms with van der Waals surface area (Å²) in [7, 11) is 0. The van der Waals surface area contributed by atoms with Crippen molar-refractivity contribution in [1.29, 1.82) is 0 Å². The van der Waals surface area contributed by atoms with E-state index in [2.05, 4.69) is 17.2 Å². The zero-order chi connectivity index (χ0) is 20.2. The number of benzene rings is 2. The third kappa shape index (κ3) is 4.12. The summed E-state index contributed by atoms with van der Waals surface area (Å²) in [6.07, 6.45) is 1.45. The molecular weight excluding hydrogens is 382 g/mol. The van der Waals surface area contributed by atoms with Crippen LogP contribution in [0, 0.1) is 0 Å². The fraction of sp³-hybridized carbons (Fsp3) is 0.174. The Bertz CT molecular complexity index is 1180. The smallest absolute Gasteiger partial charge is 0.263 e. The van der Waals surface area contributed by atoms with Crippen molar-refractivity contribution < 1.29 is 4.79 Å². The number of amides is 1. The van der Waals surface area contributed by atoms with Gasteiger partial charge in [-0.15, -0.1) is 11.3 Å². The van der Waals surface area contributed by atoms with Crippen molar-refractivity contribution in [1.82, 2.24) is 14.9 Å². The van der Waals surface area contributed by atoms with Gasteiger partial charge in [-0.3, -0.25) is 14.2 Å². The minimum atomic E-state index is -0.201. The van der Waals surface area contributed by atoms with Crippen molar-refractivity contribution in [2.24, 2.45) is 0 Å². The van der Waals surface area contributed by atoms with E-state index >= 15 is 0 Å². The number of aromatic nitrogens is 2. The highest BCUT2D eigenvalue weighted by molar-refractivity contribution is 7.17. The van der Waals surface area contributed by atoms with E-state index in [1.54, 1.807) is 0 Å². The normalized spacial score (nSPS) is 12.0. The largest absolute Gasteiger partial charge is 0.354 e. The molecule has 0 fully saturated rings. The first-order valence-electron chi connectivity index (χ1n) is 9.47. The van der Waals surface area contributed by atoms with E-state index in [1.165, 1.54) is 27.8 Å². The number of hydrogen-bond donors (Lipinski definition) is 1. The summed E-state index contributed by atoms with van der Waals surface area (Å²) < 4.78 is 1.38. The Morgan fingerprint density at radius 3 is 2.52 bits per heavy atom. The van der Waals surface area contributed by atoms with Crippen molar-refractivity contribution in [2.45, 2.75) is 19.4 Å². The highest BCUT2D eigenvalue weighted by Crippen LogP contribution is 2.30. The van der Waals surface area contributed by atoms with Gasteiger partial charge in [0.15, 0.2) is 0 Å². The molecule has 0 saturated heterocycles. The molecule has 0 unspecified atom stereocenters. The molecular formula is C23H21N3O2S. The molecule has 4 rings (SSSR count). The lowest BCUT2D eigenvalue weighted by Gasteiger charge is -2.13. The summed E-state index contributed by atoms with van der Waals surface area (Å²) in [5.74, 6) is -0.00782. The average molecular weight is 404 g/mol. The Morgan fingerprint density at radius 1 is 1.10 bits per heavy atom. The molecule has 0 spiro atoms. The van der Waals surface area contributed by atoms with E-state index in [0.29, 0.717) is 16.8 Å². The van der Waals surface area contributed by atoms with Crippen LogP contribution < -0.4 is 10.9 Å². The van der Waals surface area contributed by atoms with Crippen LogP contribution in [-0.4, -0.2) is 22.0 Å². The number of nitrogens with zero attached hydrogens (tertiary/aromatic N) is 2. The molecule has 0 bridgehead atoms. The van der Waals surface area contributed by atoms with E-state index < -0.39 is 0 Å². The lowest BCUT2D eigenvalue weighted by molar-refractivity contribution is -0.121. The lowest BCUT2D eigenvalue weighted by atomic mass is 10.0. The fourth-order valence-corrected chi connectivity index (χ4v) is 4.19. The molecule has 2 aromatic heterocycles. The molecule has 0 aliphatic heterocycles.